The second-order valence-electron chi connectivity index (χ2n) is 2.81. The first-order valence-corrected chi connectivity index (χ1v) is 6.60. The molecule has 0 aliphatic carbocycles. The monoisotopic (exact) mass is 282 g/mol. The SMILES string of the molecule is O=C(O)CSC(=S)OCCCCCOC=S. The number of unbranched alkanes of at least 4 members (excludes halogenated alkanes) is 2. The minimum Gasteiger partial charge on any atom is -0.490 e. The van der Waals surface area contributed by atoms with Crippen LogP contribution in [-0.4, -0.2) is 40.0 Å². The van der Waals surface area contributed by atoms with E-state index in [4.69, 9.17) is 26.8 Å². The minimum atomic E-state index is -0.895. The fraction of sp³-hybridized carbons (Fsp3) is 0.667. The van der Waals surface area contributed by atoms with Gasteiger partial charge in [-0.2, -0.15) is 0 Å². The molecule has 1 N–H and O–H groups in total. The number of rotatable bonds is 9. The summed E-state index contributed by atoms with van der Waals surface area (Å²) in [6, 6.07) is 0. The number of hydrogen-bond donors (Lipinski definition) is 1. The van der Waals surface area contributed by atoms with E-state index in [1.165, 1.54) is 5.55 Å². The van der Waals surface area contributed by atoms with Gasteiger partial charge >= 0.3 is 5.97 Å². The van der Waals surface area contributed by atoms with Gasteiger partial charge in [-0.15, -0.1) is 0 Å². The molecule has 0 atom stereocenters. The zero-order chi connectivity index (χ0) is 12.2. The molecule has 0 aliphatic heterocycles. The van der Waals surface area contributed by atoms with Crippen LogP contribution in [0.1, 0.15) is 19.3 Å². The van der Waals surface area contributed by atoms with Crippen LogP contribution in [0.3, 0.4) is 0 Å². The number of thioether (sulfide) groups is 1. The Labute approximate surface area is 110 Å². The maximum atomic E-state index is 10.2. The van der Waals surface area contributed by atoms with Crippen molar-refractivity contribution in [3.8, 4) is 0 Å². The first-order chi connectivity index (χ1) is 7.66. The number of carbonyl (C=O) groups is 1. The van der Waals surface area contributed by atoms with Crippen molar-refractivity contribution < 1.29 is 19.4 Å². The molecular weight excluding hydrogens is 268 g/mol. The van der Waals surface area contributed by atoms with Gasteiger partial charge in [0.05, 0.1) is 19.0 Å². The molecule has 0 amide bonds. The molecule has 0 heterocycles. The summed E-state index contributed by atoms with van der Waals surface area (Å²) in [6.07, 6.45) is 2.76. The maximum absolute atomic E-state index is 10.2. The standard InChI is InChI=1S/C9H14O4S3/c10-8(11)6-16-9(15)13-5-3-1-2-4-12-7-14/h7H,1-6H2,(H,10,11). The molecule has 0 saturated carbocycles. The van der Waals surface area contributed by atoms with Gasteiger partial charge in [0.1, 0.15) is 5.55 Å². The van der Waals surface area contributed by atoms with Crippen molar-refractivity contribution in [2.45, 2.75) is 19.3 Å². The normalized spacial score (nSPS) is 9.50. The number of carboxylic acids is 1. The molecule has 0 aromatic rings. The average Bonchev–Trinajstić information content (AvgIpc) is 2.25. The fourth-order valence-corrected chi connectivity index (χ4v) is 1.59. The highest BCUT2D eigenvalue weighted by Crippen LogP contribution is 2.06. The highest BCUT2D eigenvalue weighted by Gasteiger charge is 2.02. The van der Waals surface area contributed by atoms with Gasteiger partial charge in [-0.25, -0.2) is 0 Å². The van der Waals surface area contributed by atoms with Crippen LogP contribution in [0.25, 0.3) is 0 Å². The third-order valence-electron chi connectivity index (χ3n) is 1.51. The molecule has 0 saturated heterocycles. The molecule has 0 bridgehead atoms. The first kappa shape index (κ1) is 15.6. The van der Waals surface area contributed by atoms with E-state index >= 15 is 0 Å². The molecule has 4 nitrogen and oxygen atoms in total. The summed E-state index contributed by atoms with van der Waals surface area (Å²) >= 11 is 10.3. The summed E-state index contributed by atoms with van der Waals surface area (Å²) in [5, 5.41) is 8.39. The Morgan fingerprint density at radius 1 is 1.31 bits per heavy atom. The van der Waals surface area contributed by atoms with Crippen molar-refractivity contribution in [2.75, 3.05) is 19.0 Å². The predicted molar refractivity (Wildman–Crippen MR) is 72.1 cm³/mol. The molecule has 92 valence electrons. The number of ether oxygens (including phenoxy) is 2. The molecule has 0 unspecified atom stereocenters. The number of hydrogen-bond acceptors (Lipinski definition) is 6. The summed E-state index contributed by atoms with van der Waals surface area (Å²) in [6.45, 7) is 1.14. The Morgan fingerprint density at radius 3 is 2.62 bits per heavy atom. The van der Waals surface area contributed by atoms with E-state index in [9.17, 15) is 4.79 Å². The molecule has 0 aromatic carbocycles. The molecule has 7 heteroatoms. The van der Waals surface area contributed by atoms with Crippen LogP contribution >= 0.6 is 36.2 Å². The van der Waals surface area contributed by atoms with Gasteiger partial charge in [0, 0.05) is 0 Å². The second kappa shape index (κ2) is 11.1. The largest absolute Gasteiger partial charge is 0.490 e. The van der Waals surface area contributed by atoms with E-state index in [0.717, 1.165) is 31.0 Å². The number of carboxylic acid groups (broad SMARTS) is 1. The van der Waals surface area contributed by atoms with E-state index in [0.29, 0.717) is 13.2 Å². The van der Waals surface area contributed by atoms with E-state index in [1.807, 2.05) is 0 Å². The van der Waals surface area contributed by atoms with Crippen LogP contribution in [0.15, 0.2) is 0 Å². The second-order valence-corrected chi connectivity index (χ2v) is 4.58. The van der Waals surface area contributed by atoms with Gasteiger partial charge < -0.3 is 14.6 Å². The Kier molecular flexibility index (Phi) is 10.8. The van der Waals surface area contributed by atoms with E-state index in [2.05, 4.69) is 12.2 Å². The fourth-order valence-electron chi connectivity index (χ4n) is 0.830. The predicted octanol–water partition coefficient (Wildman–Crippen LogP) is 2.25. The molecule has 16 heavy (non-hydrogen) atoms. The van der Waals surface area contributed by atoms with Gasteiger partial charge in [-0.1, -0.05) is 11.8 Å². The third-order valence-corrected chi connectivity index (χ3v) is 2.86. The molecule has 0 rings (SSSR count). The quantitative estimate of drug-likeness (QED) is 0.514. The molecule has 0 radical (unpaired) electrons. The lowest BCUT2D eigenvalue weighted by molar-refractivity contribution is -0.133. The molecule has 0 aliphatic rings. The summed E-state index contributed by atoms with van der Waals surface area (Å²) in [7, 11) is 0. The minimum absolute atomic E-state index is 0.0542. The van der Waals surface area contributed by atoms with Gasteiger partial charge in [-0.05, 0) is 43.7 Å². The Morgan fingerprint density at radius 2 is 2.00 bits per heavy atom. The van der Waals surface area contributed by atoms with Crippen LogP contribution in [0.4, 0.5) is 0 Å². The van der Waals surface area contributed by atoms with Gasteiger partial charge in [-0.3, -0.25) is 4.79 Å². The lowest BCUT2D eigenvalue weighted by Gasteiger charge is -2.05. The van der Waals surface area contributed by atoms with Gasteiger partial charge in [0.2, 0.25) is 4.38 Å². The van der Waals surface area contributed by atoms with E-state index in [1.54, 1.807) is 0 Å². The number of aliphatic carboxylic acids is 1. The van der Waals surface area contributed by atoms with E-state index < -0.39 is 5.97 Å². The van der Waals surface area contributed by atoms with Crippen molar-refractivity contribution in [3.63, 3.8) is 0 Å². The van der Waals surface area contributed by atoms with Crippen LogP contribution in [0.2, 0.25) is 0 Å². The average molecular weight is 282 g/mol. The number of thiocarbonyl (C=S) groups is 2. The van der Waals surface area contributed by atoms with Crippen molar-refractivity contribution in [1.82, 2.24) is 0 Å². The Hall–Kier alpha value is -0.400. The molecular formula is C9H14O4S3. The van der Waals surface area contributed by atoms with Crippen LogP contribution in [-0.2, 0) is 14.3 Å². The van der Waals surface area contributed by atoms with Crippen molar-refractivity contribution in [2.24, 2.45) is 0 Å². The van der Waals surface area contributed by atoms with Crippen molar-refractivity contribution in [3.05, 3.63) is 0 Å². The summed E-state index contributed by atoms with van der Waals surface area (Å²) in [4.78, 5) is 10.2. The zero-order valence-corrected chi connectivity index (χ0v) is 11.2. The summed E-state index contributed by atoms with van der Waals surface area (Å²) in [5.41, 5.74) is 1.26. The van der Waals surface area contributed by atoms with Gasteiger partial charge in [0.25, 0.3) is 0 Å². The zero-order valence-electron chi connectivity index (χ0n) is 8.72. The van der Waals surface area contributed by atoms with Crippen molar-refractivity contribution in [1.29, 1.82) is 0 Å². The molecule has 0 aromatic heterocycles. The first-order valence-electron chi connectivity index (χ1n) is 4.73. The smallest absolute Gasteiger partial charge is 0.313 e. The van der Waals surface area contributed by atoms with Crippen LogP contribution in [0.5, 0.6) is 0 Å². The summed E-state index contributed by atoms with van der Waals surface area (Å²) < 4.78 is 10.3. The van der Waals surface area contributed by atoms with Gasteiger partial charge in [0.15, 0.2) is 0 Å². The van der Waals surface area contributed by atoms with Crippen LogP contribution in [0, 0.1) is 0 Å². The lowest BCUT2D eigenvalue weighted by Crippen LogP contribution is -2.05. The Bertz CT molecular complexity index is 233. The van der Waals surface area contributed by atoms with Crippen molar-refractivity contribution >= 4 is 52.1 Å². The molecule has 0 spiro atoms. The van der Waals surface area contributed by atoms with Crippen LogP contribution < -0.4 is 0 Å². The Balaban J connectivity index is 3.21. The lowest BCUT2D eigenvalue weighted by atomic mass is 10.2. The topological polar surface area (TPSA) is 55.8 Å². The third kappa shape index (κ3) is 11.7. The highest BCUT2D eigenvalue weighted by atomic mass is 32.2. The summed E-state index contributed by atoms with van der Waals surface area (Å²) in [5.74, 6) is -0.949. The maximum Gasteiger partial charge on any atom is 0.313 e. The molecule has 0 fully saturated rings. The van der Waals surface area contributed by atoms with E-state index in [-0.39, 0.29) is 10.1 Å². The highest BCUT2D eigenvalue weighted by molar-refractivity contribution is 8.23.